The number of esters is 1. The van der Waals surface area contributed by atoms with E-state index in [1.165, 1.54) is 74.4 Å². The molecule has 11 heteroatoms. The summed E-state index contributed by atoms with van der Waals surface area (Å²) in [6.45, 7) is 14.9. The van der Waals surface area contributed by atoms with Gasteiger partial charge in [-0.15, -0.1) is 0 Å². The molecule has 0 fully saturated rings. The maximum Gasteiger partial charge on any atom is 0.331 e. The number of amides is 3. The van der Waals surface area contributed by atoms with Gasteiger partial charge in [0.2, 0.25) is 23.4 Å². The Morgan fingerprint density at radius 1 is 0.776 bits per heavy atom. The summed E-state index contributed by atoms with van der Waals surface area (Å²) < 4.78 is 12.1. The van der Waals surface area contributed by atoms with Crippen molar-refractivity contribution in [1.82, 2.24) is 15.5 Å². The van der Waals surface area contributed by atoms with Crippen LogP contribution in [-0.2, 0) is 39.5 Å². The van der Waals surface area contributed by atoms with Gasteiger partial charge in [-0.2, -0.15) is 4.58 Å². The number of rotatable bonds is 22. The fraction of sp³-hybridized carbons (Fsp3) is 0.411. The van der Waals surface area contributed by atoms with Gasteiger partial charge in [0.05, 0.1) is 19.1 Å². The lowest BCUT2D eigenvalue weighted by Gasteiger charge is -2.27. The first-order valence-corrected chi connectivity index (χ1v) is 23.9. The molecule has 2 aliphatic heterocycles. The number of benzene rings is 4. The summed E-state index contributed by atoms with van der Waals surface area (Å²) in [5.41, 5.74) is 7.47. The summed E-state index contributed by atoms with van der Waals surface area (Å²) in [5, 5.41) is 10.5. The van der Waals surface area contributed by atoms with Gasteiger partial charge >= 0.3 is 5.97 Å². The molecule has 6 rings (SSSR count). The van der Waals surface area contributed by atoms with Gasteiger partial charge in [-0.1, -0.05) is 112 Å². The molecule has 354 valence electrons. The molecule has 2 heterocycles. The average molecular weight is 909 g/mol. The molecule has 0 bridgehead atoms. The van der Waals surface area contributed by atoms with E-state index in [0.29, 0.717) is 12.8 Å². The molecule has 3 amide bonds. The number of ether oxygens (including phenoxy) is 2. The molecule has 11 nitrogen and oxygen atoms in total. The minimum Gasteiger partial charge on any atom is -0.467 e. The van der Waals surface area contributed by atoms with Gasteiger partial charge in [0, 0.05) is 74.0 Å². The van der Waals surface area contributed by atoms with Gasteiger partial charge in [0.15, 0.2) is 5.71 Å². The summed E-state index contributed by atoms with van der Waals surface area (Å²) in [6.07, 6.45) is 19.5. The molecule has 0 aliphatic carbocycles. The van der Waals surface area contributed by atoms with Gasteiger partial charge in [0.25, 0.3) is 0 Å². The van der Waals surface area contributed by atoms with Crippen LogP contribution in [0.5, 0.6) is 0 Å². The smallest absolute Gasteiger partial charge is 0.331 e. The maximum atomic E-state index is 13.0. The zero-order valence-corrected chi connectivity index (χ0v) is 40.8. The van der Waals surface area contributed by atoms with E-state index in [1.807, 2.05) is 0 Å². The third kappa shape index (κ3) is 11.8. The summed E-state index contributed by atoms with van der Waals surface area (Å²) in [6, 6.07) is 26.4. The Labute approximate surface area is 397 Å². The number of carbonyl (C=O) groups is 4. The molecule has 4 aromatic rings. The van der Waals surface area contributed by atoms with Crippen LogP contribution >= 0.6 is 0 Å². The lowest BCUT2D eigenvalue weighted by atomic mass is 9.79. The van der Waals surface area contributed by atoms with Gasteiger partial charge in [0.1, 0.15) is 19.3 Å². The lowest BCUT2D eigenvalue weighted by Crippen LogP contribution is -2.43. The Balaban J connectivity index is 1.05. The number of allylic oxidation sites excluding steroid dienone is 8. The highest BCUT2D eigenvalue weighted by Crippen LogP contribution is 2.51. The first kappa shape index (κ1) is 50.1. The van der Waals surface area contributed by atoms with Crippen molar-refractivity contribution in [2.45, 2.75) is 97.0 Å². The van der Waals surface area contributed by atoms with Crippen LogP contribution in [0, 0.1) is 0 Å². The van der Waals surface area contributed by atoms with Crippen molar-refractivity contribution in [3.8, 4) is 0 Å². The second-order valence-corrected chi connectivity index (χ2v) is 18.6. The van der Waals surface area contributed by atoms with Gasteiger partial charge in [-0.3, -0.25) is 14.4 Å². The Morgan fingerprint density at radius 3 is 2.15 bits per heavy atom. The molecule has 0 saturated heterocycles. The van der Waals surface area contributed by atoms with E-state index in [4.69, 9.17) is 4.74 Å². The number of methoxy groups -OCH3 is 1. The minimum atomic E-state index is -0.849. The van der Waals surface area contributed by atoms with Crippen LogP contribution in [0.15, 0.2) is 121 Å². The van der Waals surface area contributed by atoms with Crippen LogP contribution in [0.25, 0.3) is 21.5 Å². The SMILES string of the molecule is CCCCN1C(=CC=CC=CC=CC2=[N+](CCCCCC(=O)N(C)CC(=O)NCCNC(=O)C(C)OCC(=O)OC)c3ccc4ccccc4c3C2(C)C)C(C)(C)c2c1ccc1ccccc21. The number of nitrogens with one attached hydrogen (secondary N) is 2. The topological polar surface area (TPSA) is 120 Å². The van der Waals surface area contributed by atoms with E-state index in [1.54, 1.807) is 7.05 Å². The van der Waals surface area contributed by atoms with E-state index in [9.17, 15) is 19.2 Å². The summed E-state index contributed by atoms with van der Waals surface area (Å²) in [7, 11) is 2.87. The first-order valence-electron chi connectivity index (χ1n) is 23.9. The molecule has 1 unspecified atom stereocenters. The van der Waals surface area contributed by atoms with Crippen molar-refractivity contribution >= 4 is 62.3 Å². The second kappa shape index (κ2) is 22.9. The molecule has 0 radical (unpaired) electrons. The first-order chi connectivity index (χ1) is 32.2. The lowest BCUT2D eigenvalue weighted by molar-refractivity contribution is -0.438. The monoisotopic (exact) mass is 909 g/mol. The fourth-order valence-electron chi connectivity index (χ4n) is 9.49. The average Bonchev–Trinajstić information content (AvgIpc) is 3.68. The number of anilines is 1. The van der Waals surface area contributed by atoms with Crippen molar-refractivity contribution in [2.75, 3.05) is 58.4 Å². The zero-order chi connectivity index (χ0) is 48.1. The number of nitrogens with zero attached hydrogens (tertiary/aromatic N) is 3. The van der Waals surface area contributed by atoms with Crippen LogP contribution < -0.4 is 15.5 Å². The van der Waals surface area contributed by atoms with Gasteiger partial charge in [-0.05, 0) is 85.4 Å². The van der Waals surface area contributed by atoms with Crippen LogP contribution in [0.3, 0.4) is 0 Å². The highest BCUT2D eigenvalue weighted by atomic mass is 16.6. The van der Waals surface area contributed by atoms with E-state index < -0.39 is 18.0 Å². The summed E-state index contributed by atoms with van der Waals surface area (Å²) in [4.78, 5) is 52.9. The predicted octanol–water partition coefficient (Wildman–Crippen LogP) is 9.35. The van der Waals surface area contributed by atoms with Crippen molar-refractivity contribution in [3.05, 3.63) is 132 Å². The van der Waals surface area contributed by atoms with Crippen LogP contribution in [-0.4, -0.2) is 98.5 Å². The van der Waals surface area contributed by atoms with Crippen LogP contribution in [0.4, 0.5) is 11.4 Å². The van der Waals surface area contributed by atoms with E-state index in [0.717, 1.165) is 38.8 Å². The van der Waals surface area contributed by atoms with Gasteiger partial charge < -0.3 is 29.9 Å². The largest absolute Gasteiger partial charge is 0.467 e. The Hall–Kier alpha value is -6.33. The molecule has 0 saturated carbocycles. The van der Waals surface area contributed by atoms with Crippen LogP contribution in [0.2, 0.25) is 0 Å². The number of hydrogen-bond donors (Lipinski definition) is 2. The predicted molar refractivity (Wildman–Crippen MR) is 271 cm³/mol. The number of unbranched alkanes of at least 4 members (excludes halogenated alkanes) is 3. The Morgan fingerprint density at radius 2 is 1.43 bits per heavy atom. The molecule has 0 aromatic heterocycles. The molecule has 2 N–H and O–H groups in total. The van der Waals surface area contributed by atoms with Crippen molar-refractivity contribution < 1.29 is 33.2 Å². The molecule has 0 spiro atoms. The third-order valence-electron chi connectivity index (χ3n) is 13.1. The van der Waals surface area contributed by atoms with Gasteiger partial charge in [-0.25, -0.2) is 4.79 Å². The summed E-state index contributed by atoms with van der Waals surface area (Å²) >= 11 is 0. The molecule has 2 aliphatic rings. The second-order valence-electron chi connectivity index (χ2n) is 18.6. The Kier molecular flexibility index (Phi) is 17.1. The minimum absolute atomic E-state index is 0.0755. The van der Waals surface area contributed by atoms with E-state index >= 15 is 0 Å². The highest BCUT2D eigenvalue weighted by molar-refractivity contribution is 6.07. The number of likely N-dealkylation sites (N-methyl/N-ethyl adjacent to an activating group) is 1. The summed E-state index contributed by atoms with van der Waals surface area (Å²) in [5.74, 6) is -1.39. The van der Waals surface area contributed by atoms with Crippen molar-refractivity contribution in [2.24, 2.45) is 0 Å². The molecular formula is C56H70N5O6+. The van der Waals surface area contributed by atoms with Crippen molar-refractivity contribution in [1.29, 1.82) is 0 Å². The fourth-order valence-corrected chi connectivity index (χ4v) is 9.49. The normalized spacial score (nSPS) is 16.1. The molecule has 4 aromatic carbocycles. The molecular weight excluding hydrogens is 839 g/mol. The molecule has 1 atom stereocenters. The van der Waals surface area contributed by atoms with E-state index in [2.05, 4.69) is 175 Å². The number of fused-ring (bicyclic) bond motifs is 6. The quantitative estimate of drug-likeness (QED) is 0.0349. The Bertz CT molecular complexity index is 2600. The standard InChI is InChI=1S/C56H69N5O6/c1-9-10-36-60-45-32-30-41-23-18-20-25-43(41)52(45)55(3,4)47(60)27-15-12-11-13-16-28-48-56(5,6)53-44-26-21-19-24-42(44)31-33-46(53)61(48)37-22-14-17-29-50(63)59(7)38-49(62)57-34-35-58-54(65)40(2)67-39-51(64)66-8/h11-13,15-16,18-21,23-28,30-33,40H,9-10,14,17,22,29,34-39H2,1-8H3,(H-,57,58,62,65)/p+1. The van der Waals surface area contributed by atoms with E-state index in [-0.39, 0.29) is 48.9 Å². The molecule has 67 heavy (non-hydrogen) atoms. The third-order valence-corrected chi connectivity index (χ3v) is 13.1. The number of carbonyl (C=O) groups excluding carboxylic acids is 4. The van der Waals surface area contributed by atoms with Crippen molar-refractivity contribution in [3.63, 3.8) is 0 Å². The van der Waals surface area contributed by atoms with Crippen LogP contribution in [0.1, 0.15) is 91.2 Å². The number of hydrogen-bond acceptors (Lipinski definition) is 7. The maximum absolute atomic E-state index is 13.0. The zero-order valence-electron chi connectivity index (χ0n) is 40.8. The highest BCUT2D eigenvalue weighted by Gasteiger charge is 2.45.